The summed E-state index contributed by atoms with van der Waals surface area (Å²) in [5.74, 6) is 3.27. The molecule has 0 aliphatic carbocycles. The Morgan fingerprint density at radius 1 is 1.67 bits per heavy atom. The molecule has 1 aliphatic rings. The maximum atomic E-state index is 11.4. The van der Waals surface area contributed by atoms with Crippen LogP contribution in [0.3, 0.4) is 0 Å². The lowest BCUT2D eigenvalue weighted by Crippen LogP contribution is -2.33. The summed E-state index contributed by atoms with van der Waals surface area (Å²) >= 11 is 1.88. The van der Waals surface area contributed by atoms with Crippen molar-refractivity contribution < 1.29 is 4.79 Å². The predicted molar refractivity (Wildman–Crippen MR) is 53.3 cm³/mol. The minimum Gasteiger partial charge on any atom is -0.356 e. The molecule has 1 saturated heterocycles. The average Bonchev–Trinajstić information content (AvgIpc) is 2.51. The zero-order valence-corrected chi connectivity index (χ0v) is 8.62. The largest absolute Gasteiger partial charge is 0.356 e. The zero-order chi connectivity index (χ0) is 8.97. The fraction of sp³-hybridized carbons (Fsp3) is 0.889. The summed E-state index contributed by atoms with van der Waals surface area (Å²) < 4.78 is 0. The van der Waals surface area contributed by atoms with E-state index in [1.54, 1.807) is 0 Å². The molecule has 1 heterocycles. The van der Waals surface area contributed by atoms with Crippen molar-refractivity contribution >= 4 is 17.7 Å². The molecular weight excluding hydrogens is 170 g/mol. The average molecular weight is 187 g/mol. The molecule has 0 saturated carbocycles. The fourth-order valence-corrected chi connectivity index (χ4v) is 2.41. The van der Waals surface area contributed by atoms with Crippen LogP contribution in [0.5, 0.6) is 0 Å². The van der Waals surface area contributed by atoms with Gasteiger partial charge in [0.05, 0.1) is 0 Å². The van der Waals surface area contributed by atoms with Gasteiger partial charge in [-0.2, -0.15) is 11.8 Å². The minimum atomic E-state index is 0.258. The van der Waals surface area contributed by atoms with Crippen molar-refractivity contribution in [1.82, 2.24) is 5.32 Å². The van der Waals surface area contributed by atoms with E-state index in [1.165, 1.54) is 0 Å². The Kier molecular flexibility index (Phi) is 3.92. The van der Waals surface area contributed by atoms with Crippen LogP contribution in [0, 0.1) is 11.8 Å². The second-order valence-electron chi connectivity index (χ2n) is 3.70. The van der Waals surface area contributed by atoms with E-state index in [2.05, 4.69) is 19.2 Å². The third kappa shape index (κ3) is 3.05. The van der Waals surface area contributed by atoms with E-state index in [0.29, 0.717) is 5.92 Å². The molecule has 0 radical (unpaired) electrons. The van der Waals surface area contributed by atoms with E-state index >= 15 is 0 Å². The summed E-state index contributed by atoms with van der Waals surface area (Å²) in [5, 5.41) is 2.97. The summed E-state index contributed by atoms with van der Waals surface area (Å²) in [6, 6.07) is 0. The Bertz CT molecular complexity index is 153. The number of carbonyl (C=O) groups excluding carboxylic acids is 1. The molecule has 1 amide bonds. The lowest BCUT2D eigenvalue weighted by molar-refractivity contribution is -0.124. The summed E-state index contributed by atoms with van der Waals surface area (Å²) in [6.45, 7) is 5.05. The SMILES string of the molecule is CC(C)CNC(=O)C1CCSC1. The molecule has 0 aromatic rings. The summed E-state index contributed by atoms with van der Waals surface area (Å²) in [5.41, 5.74) is 0. The molecule has 2 nitrogen and oxygen atoms in total. The van der Waals surface area contributed by atoms with Gasteiger partial charge in [0.1, 0.15) is 0 Å². The van der Waals surface area contributed by atoms with E-state index in [4.69, 9.17) is 0 Å². The first-order valence-electron chi connectivity index (χ1n) is 4.55. The Labute approximate surface area is 78.5 Å². The van der Waals surface area contributed by atoms with Crippen molar-refractivity contribution in [3.8, 4) is 0 Å². The van der Waals surface area contributed by atoms with Crippen molar-refractivity contribution in [1.29, 1.82) is 0 Å². The molecule has 1 fully saturated rings. The summed E-state index contributed by atoms with van der Waals surface area (Å²) in [4.78, 5) is 11.4. The van der Waals surface area contributed by atoms with Crippen LogP contribution in [0.25, 0.3) is 0 Å². The van der Waals surface area contributed by atoms with E-state index in [-0.39, 0.29) is 11.8 Å². The Balaban J connectivity index is 2.18. The molecule has 3 heteroatoms. The van der Waals surface area contributed by atoms with Gasteiger partial charge in [-0.1, -0.05) is 13.8 Å². The molecule has 12 heavy (non-hydrogen) atoms. The molecule has 1 unspecified atom stereocenters. The first-order valence-corrected chi connectivity index (χ1v) is 5.71. The molecule has 0 aromatic heterocycles. The number of nitrogens with one attached hydrogen (secondary N) is 1. The number of hydrogen-bond acceptors (Lipinski definition) is 2. The van der Waals surface area contributed by atoms with Gasteiger partial charge in [-0.15, -0.1) is 0 Å². The third-order valence-electron chi connectivity index (χ3n) is 1.99. The van der Waals surface area contributed by atoms with Crippen LogP contribution in [-0.2, 0) is 4.79 Å². The Morgan fingerprint density at radius 2 is 2.42 bits per heavy atom. The van der Waals surface area contributed by atoms with Crippen molar-refractivity contribution in [2.75, 3.05) is 18.1 Å². The van der Waals surface area contributed by atoms with Crippen LogP contribution in [-0.4, -0.2) is 24.0 Å². The lowest BCUT2D eigenvalue weighted by atomic mass is 10.1. The highest BCUT2D eigenvalue weighted by molar-refractivity contribution is 7.99. The van der Waals surface area contributed by atoms with Crippen LogP contribution in [0.15, 0.2) is 0 Å². The first kappa shape index (κ1) is 9.90. The van der Waals surface area contributed by atoms with E-state index < -0.39 is 0 Å². The molecular formula is C9H17NOS. The van der Waals surface area contributed by atoms with Gasteiger partial charge in [0.15, 0.2) is 0 Å². The van der Waals surface area contributed by atoms with E-state index in [0.717, 1.165) is 24.5 Å². The highest BCUT2D eigenvalue weighted by atomic mass is 32.2. The fourth-order valence-electron chi connectivity index (χ4n) is 1.19. The summed E-state index contributed by atoms with van der Waals surface area (Å²) in [6.07, 6.45) is 1.06. The number of amides is 1. The standard InChI is InChI=1S/C9H17NOS/c1-7(2)5-10-9(11)8-3-4-12-6-8/h7-8H,3-6H2,1-2H3,(H,10,11). The molecule has 1 N–H and O–H groups in total. The monoisotopic (exact) mass is 187 g/mol. The Morgan fingerprint density at radius 3 is 2.92 bits per heavy atom. The van der Waals surface area contributed by atoms with Gasteiger partial charge in [-0.05, 0) is 18.1 Å². The zero-order valence-electron chi connectivity index (χ0n) is 7.80. The lowest BCUT2D eigenvalue weighted by Gasteiger charge is -2.11. The summed E-state index contributed by atoms with van der Waals surface area (Å²) in [7, 11) is 0. The molecule has 1 aliphatic heterocycles. The smallest absolute Gasteiger partial charge is 0.223 e. The normalized spacial score (nSPS) is 23.1. The highest BCUT2D eigenvalue weighted by Gasteiger charge is 2.22. The first-order chi connectivity index (χ1) is 5.70. The quantitative estimate of drug-likeness (QED) is 0.725. The van der Waals surface area contributed by atoms with Gasteiger partial charge in [0.25, 0.3) is 0 Å². The van der Waals surface area contributed by atoms with Crippen LogP contribution in [0.4, 0.5) is 0 Å². The van der Waals surface area contributed by atoms with Gasteiger partial charge in [0.2, 0.25) is 5.91 Å². The topological polar surface area (TPSA) is 29.1 Å². The van der Waals surface area contributed by atoms with Crippen LogP contribution < -0.4 is 5.32 Å². The van der Waals surface area contributed by atoms with Crippen molar-refractivity contribution in [3.05, 3.63) is 0 Å². The van der Waals surface area contributed by atoms with Crippen molar-refractivity contribution in [3.63, 3.8) is 0 Å². The minimum absolute atomic E-state index is 0.258. The Hall–Kier alpha value is -0.180. The van der Waals surface area contributed by atoms with E-state index in [1.807, 2.05) is 11.8 Å². The van der Waals surface area contributed by atoms with Crippen molar-refractivity contribution in [2.45, 2.75) is 20.3 Å². The number of rotatable bonds is 3. The molecule has 70 valence electrons. The second-order valence-corrected chi connectivity index (χ2v) is 4.85. The predicted octanol–water partition coefficient (Wildman–Crippen LogP) is 1.51. The van der Waals surface area contributed by atoms with E-state index in [9.17, 15) is 4.79 Å². The molecule has 0 aromatic carbocycles. The maximum absolute atomic E-state index is 11.4. The van der Waals surface area contributed by atoms with Gasteiger partial charge >= 0.3 is 0 Å². The van der Waals surface area contributed by atoms with Gasteiger partial charge in [0, 0.05) is 18.2 Å². The van der Waals surface area contributed by atoms with Crippen LogP contribution >= 0.6 is 11.8 Å². The van der Waals surface area contributed by atoms with Crippen LogP contribution in [0.1, 0.15) is 20.3 Å². The number of thioether (sulfide) groups is 1. The number of hydrogen-bond donors (Lipinski definition) is 1. The van der Waals surface area contributed by atoms with Gasteiger partial charge in [-0.25, -0.2) is 0 Å². The van der Waals surface area contributed by atoms with Crippen LogP contribution in [0.2, 0.25) is 0 Å². The third-order valence-corrected chi connectivity index (χ3v) is 3.15. The number of carbonyl (C=O) groups is 1. The van der Waals surface area contributed by atoms with Gasteiger partial charge < -0.3 is 5.32 Å². The van der Waals surface area contributed by atoms with Gasteiger partial charge in [-0.3, -0.25) is 4.79 Å². The maximum Gasteiger partial charge on any atom is 0.223 e. The second kappa shape index (κ2) is 4.75. The molecule has 0 spiro atoms. The highest BCUT2D eigenvalue weighted by Crippen LogP contribution is 2.23. The van der Waals surface area contributed by atoms with Crippen molar-refractivity contribution in [2.24, 2.45) is 11.8 Å². The molecule has 1 atom stereocenters. The molecule has 0 bridgehead atoms. The molecule has 1 rings (SSSR count).